The van der Waals surface area contributed by atoms with E-state index in [4.69, 9.17) is 34.8 Å². The molecule has 1 amide bonds. The fraction of sp³-hybridized carbons (Fsp3) is 0.286. The van der Waals surface area contributed by atoms with Gasteiger partial charge in [0.1, 0.15) is 0 Å². The van der Waals surface area contributed by atoms with Gasteiger partial charge in [-0.2, -0.15) is 38.1 Å². The minimum Gasteiger partial charge on any atom is -0.348 e. The highest BCUT2D eigenvalue weighted by atomic mass is 35.5. The molecule has 178 valence electrons. The first-order chi connectivity index (χ1) is 15.3. The number of hydrogen-bond donors (Lipinski definition) is 1. The van der Waals surface area contributed by atoms with Crippen molar-refractivity contribution in [1.29, 1.82) is 0 Å². The third-order valence-corrected chi connectivity index (χ3v) is 7.24. The average Bonchev–Trinajstić information content (AvgIpc) is 2.67. The van der Waals surface area contributed by atoms with Gasteiger partial charge < -0.3 is 5.32 Å². The maximum absolute atomic E-state index is 13.7. The molecule has 1 unspecified atom stereocenters. The van der Waals surface area contributed by atoms with Gasteiger partial charge in [-0.25, -0.2) is 0 Å². The quantitative estimate of drug-likeness (QED) is 0.304. The molecular formula is C21H14Cl3F6NOS. The van der Waals surface area contributed by atoms with E-state index in [9.17, 15) is 31.1 Å². The molecule has 1 fully saturated rings. The minimum absolute atomic E-state index is 0.115. The zero-order chi connectivity index (χ0) is 24.6. The second-order valence-electron chi connectivity index (χ2n) is 7.19. The summed E-state index contributed by atoms with van der Waals surface area (Å²) in [4.78, 5) is 12.3. The minimum atomic E-state index is -4.88. The predicted molar refractivity (Wildman–Crippen MR) is 119 cm³/mol. The number of hydrogen-bond acceptors (Lipinski definition) is 2. The molecule has 0 aliphatic carbocycles. The Morgan fingerprint density at radius 1 is 1.03 bits per heavy atom. The molecule has 0 bridgehead atoms. The summed E-state index contributed by atoms with van der Waals surface area (Å²) in [5, 5.41) is 2.01. The maximum Gasteiger partial charge on any atom is 0.417 e. The molecule has 1 heterocycles. The Morgan fingerprint density at radius 3 is 2.12 bits per heavy atom. The lowest BCUT2D eigenvalue weighted by atomic mass is 9.96. The molecule has 0 saturated carbocycles. The van der Waals surface area contributed by atoms with Crippen LogP contribution in [0.2, 0.25) is 15.1 Å². The highest BCUT2D eigenvalue weighted by molar-refractivity contribution is 8.00. The number of alkyl halides is 6. The first-order valence-corrected chi connectivity index (χ1v) is 11.6. The van der Waals surface area contributed by atoms with E-state index in [0.29, 0.717) is 23.6 Å². The Labute approximate surface area is 204 Å². The van der Waals surface area contributed by atoms with Crippen LogP contribution in [0.1, 0.15) is 33.0 Å². The molecule has 0 aromatic heterocycles. The van der Waals surface area contributed by atoms with Gasteiger partial charge in [0.2, 0.25) is 0 Å². The van der Waals surface area contributed by atoms with Crippen LogP contribution in [0, 0.1) is 0 Å². The molecule has 0 spiro atoms. The molecule has 1 aliphatic rings. The highest BCUT2D eigenvalue weighted by Gasteiger charge is 2.40. The third-order valence-electron chi connectivity index (χ3n) is 4.77. The van der Waals surface area contributed by atoms with Crippen LogP contribution in [0.3, 0.4) is 0 Å². The molecular weight excluding hydrogens is 535 g/mol. The van der Waals surface area contributed by atoms with Crippen LogP contribution in [0.15, 0.2) is 36.4 Å². The van der Waals surface area contributed by atoms with Gasteiger partial charge in [-0.15, -0.1) is 0 Å². The van der Waals surface area contributed by atoms with E-state index in [-0.39, 0.29) is 32.2 Å². The lowest BCUT2D eigenvalue weighted by Gasteiger charge is -2.26. The van der Waals surface area contributed by atoms with Crippen molar-refractivity contribution in [3.8, 4) is 0 Å². The van der Waals surface area contributed by atoms with Crippen LogP contribution in [0.4, 0.5) is 26.3 Å². The van der Waals surface area contributed by atoms with Gasteiger partial charge in [-0.3, -0.25) is 4.79 Å². The molecule has 1 saturated heterocycles. The summed E-state index contributed by atoms with van der Waals surface area (Å²) < 4.78 is 81.7. The fourth-order valence-corrected chi connectivity index (χ4v) is 4.30. The summed E-state index contributed by atoms with van der Waals surface area (Å²) in [6.45, 7) is 0. The van der Waals surface area contributed by atoms with E-state index in [0.717, 1.165) is 30.3 Å². The van der Waals surface area contributed by atoms with Crippen LogP contribution >= 0.6 is 46.6 Å². The van der Waals surface area contributed by atoms with Crippen molar-refractivity contribution in [2.75, 3.05) is 11.5 Å². The van der Waals surface area contributed by atoms with Crippen LogP contribution in [0.5, 0.6) is 0 Å². The zero-order valence-corrected chi connectivity index (χ0v) is 19.4. The van der Waals surface area contributed by atoms with Gasteiger partial charge in [-0.1, -0.05) is 53.0 Å². The lowest BCUT2D eigenvalue weighted by molar-refractivity contribution is -0.139. The lowest BCUT2D eigenvalue weighted by Crippen LogP contribution is -2.44. The summed E-state index contributed by atoms with van der Waals surface area (Å²) in [5.74, 6) is -1.89. The number of amides is 1. The number of allylic oxidation sites excluding steroid dienone is 1. The third kappa shape index (κ3) is 6.32. The smallest absolute Gasteiger partial charge is 0.348 e. The summed E-state index contributed by atoms with van der Waals surface area (Å²) in [5.41, 5.74) is -2.34. The predicted octanol–water partition coefficient (Wildman–Crippen LogP) is 7.87. The number of benzene rings is 2. The topological polar surface area (TPSA) is 29.1 Å². The van der Waals surface area contributed by atoms with Crippen molar-refractivity contribution in [2.45, 2.75) is 24.3 Å². The second kappa shape index (κ2) is 9.98. The largest absolute Gasteiger partial charge is 0.417 e. The van der Waals surface area contributed by atoms with Crippen LogP contribution in [-0.4, -0.2) is 29.6 Å². The molecule has 1 N–H and O–H groups in total. The van der Waals surface area contributed by atoms with Gasteiger partial charge in [-0.05, 0) is 35.4 Å². The monoisotopic (exact) mass is 547 g/mol. The van der Waals surface area contributed by atoms with Crippen molar-refractivity contribution in [2.24, 2.45) is 0 Å². The van der Waals surface area contributed by atoms with Gasteiger partial charge in [0.05, 0.1) is 32.1 Å². The number of rotatable bonds is 5. The van der Waals surface area contributed by atoms with E-state index >= 15 is 0 Å². The Bertz CT molecular complexity index is 1060. The number of thioether (sulfide) groups is 1. The van der Waals surface area contributed by atoms with Crippen molar-refractivity contribution < 1.29 is 31.1 Å². The number of carbonyl (C=O) groups excluding carboxylic acids is 1. The van der Waals surface area contributed by atoms with Crippen molar-refractivity contribution in [1.82, 2.24) is 5.32 Å². The Morgan fingerprint density at radius 2 is 1.64 bits per heavy atom. The second-order valence-corrected chi connectivity index (χ2v) is 9.45. The highest BCUT2D eigenvalue weighted by Crippen LogP contribution is 2.41. The van der Waals surface area contributed by atoms with E-state index in [1.807, 2.05) is 0 Å². The molecule has 12 heteroatoms. The van der Waals surface area contributed by atoms with Gasteiger partial charge in [0.15, 0.2) is 0 Å². The summed E-state index contributed by atoms with van der Waals surface area (Å²) in [6, 6.07) is 4.50. The van der Waals surface area contributed by atoms with E-state index in [2.05, 4.69) is 5.32 Å². The first kappa shape index (κ1) is 26.1. The van der Waals surface area contributed by atoms with Gasteiger partial charge in [0, 0.05) is 17.5 Å². The molecule has 0 radical (unpaired) electrons. The van der Waals surface area contributed by atoms with Crippen LogP contribution in [0.25, 0.3) is 6.08 Å². The normalized spacial score (nSPS) is 16.0. The van der Waals surface area contributed by atoms with Gasteiger partial charge >= 0.3 is 12.4 Å². The maximum atomic E-state index is 13.7. The molecule has 2 aromatic rings. The Hall–Kier alpha value is -1.55. The van der Waals surface area contributed by atoms with Crippen molar-refractivity contribution >= 4 is 58.5 Å². The van der Waals surface area contributed by atoms with E-state index < -0.39 is 35.3 Å². The Balaban J connectivity index is 1.96. The molecule has 2 aromatic carbocycles. The fourth-order valence-electron chi connectivity index (χ4n) is 3.05. The molecule has 1 aliphatic heterocycles. The molecule has 3 rings (SSSR count). The van der Waals surface area contributed by atoms with Crippen molar-refractivity contribution in [3.63, 3.8) is 0 Å². The van der Waals surface area contributed by atoms with Crippen LogP contribution in [-0.2, 0) is 6.18 Å². The molecule has 1 atom stereocenters. The first-order valence-electron chi connectivity index (χ1n) is 9.26. The SMILES string of the molecule is O=C(NC1CSC1)c1ccc(C=CC(c2cc(Cl)c(Cl)c(Cl)c2)C(F)(F)F)cc1C(F)(F)F. The Kier molecular flexibility index (Phi) is 7.88. The van der Waals surface area contributed by atoms with E-state index in [1.54, 1.807) is 11.8 Å². The summed E-state index contributed by atoms with van der Waals surface area (Å²) in [7, 11) is 0. The van der Waals surface area contributed by atoms with Crippen LogP contribution < -0.4 is 5.32 Å². The van der Waals surface area contributed by atoms with Crippen molar-refractivity contribution in [3.05, 3.63) is 73.7 Å². The summed E-state index contributed by atoms with van der Waals surface area (Å²) >= 11 is 19.0. The zero-order valence-electron chi connectivity index (χ0n) is 16.3. The average molecular weight is 549 g/mol. The standard InChI is InChI=1S/C21H14Cl3F6NOS/c22-16-6-11(7-17(23)18(16)24)14(20(25,26)27)4-2-10-1-3-13(15(5-10)21(28,29)30)19(32)31-12-8-33-9-12/h1-7,12,14H,8-9H2,(H,31,32). The summed E-state index contributed by atoms with van der Waals surface area (Å²) in [6.07, 6.45) is -8.08. The number of halogens is 9. The molecule has 2 nitrogen and oxygen atoms in total. The number of nitrogens with one attached hydrogen (secondary N) is 1. The van der Waals surface area contributed by atoms with Gasteiger partial charge in [0.25, 0.3) is 5.91 Å². The molecule has 33 heavy (non-hydrogen) atoms. The number of carbonyl (C=O) groups is 1. The van der Waals surface area contributed by atoms with E-state index in [1.165, 1.54) is 0 Å².